The molecule has 0 radical (unpaired) electrons. The summed E-state index contributed by atoms with van der Waals surface area (Å²) in [5.74, 6) is 0. The number of benzene rings is 1. The van der Waals surface area contributed by atoms with Crippen LogP contribution in [0.5, 0.6) is 0 Å². The quantitative estimate of drug-likeness (QED) is 0.872. The summed E-state index contributed by atoms with van der Waals surface area (Å²) in [6, 6.07) is 8.39. The van der Waals surface area contributed by atoms with Crippen LogP contribution in [0, 0.1) is 0 Å². The van der Waals surface area contributed by atoms with E-state index in [-0.39, 0.29) is 0 Å². The number of likely N-dealkylation sites (tertiary alicyclic amines) is 1. The average Bonchev–Trinajstić information content (AvgIpc) is 2.75. The fourth-order valence-corrected chi connectivity index (χ4v) is 3.05. The van der Waals surface area contributed by atoms with Gasteiger partial charge in [-0.25, -0.2) is 8.42 Å². The first kappa shape index (κ1) is 15.1. The zero-order chi connectivity index (χ0) is 14.8. The van der Waals surface area contributed by atoms with Crippen LogP contribution in [0.3, 0.4) is 0 Å². The number of rotatable bonds is 5. The van der Waals surface area contributed by atoms with Crippen LogP contribution in [-0.4, -0.2) is 44.7 Å². The normalized spacial score (nSPS) is 20.3. The Bertz CT molecular complexity index is 557. The maximum atomic E-state index is 11.2. The lowest BCUT2D eigenvalue weighted by Crippen LogP contribution is -2.31. The molecule has 1 fully saturated rings. The Kier molecular flexibility index (Phi) is 4.55. The molecule has 0 amide bonds. The molecule has 1 aromatic rings. The lowest BCUT2D eigenvalue weighted by Gasteiger charge is -2.21. The molecule has 6 heteroatoms. The average molecular weight is 297 g/mol. The monoisotopic (exact) mass is 297 g/mol. The zero-order valence-corrected chi connectivity index (χ0v) is 13.1. The van der Waals surface area contributed by atoms with Crippen molar-refractivity contribution >= 4 is 21.4 Å². The summed E-state index contributed by atoms with van der Waals surface area (Å²) in [7, 11) is -3.23. The standard InChI is InChI=1S/C14H23N3O2S/c1-11(2)17-8-7-14(10-17)15-12-5-4-6-13(9-12)16-20(3,18)19/h4-6,9,11,14-16H,7-8,10H2,1-3H3. The van der Waals surface area contributed by atoms with E-state index in [1.54, 1.807) is 6.07 Å². The maximum absolute atomic E-state index is 11.2. The summed E-state index contributed by atoms with van der Waals surface area (Å²) in [4.78, 5) is 2.44. The van der Waals surface area contributed by atoms with Crippen molar-refractivity contribution in [3.8, 4) is 0 Å². The van der Waals surface area contributed by atoms with E-state index >= 15 is 0 Å². The van der Waals surface area contributed by atoms with Crippen LogP contribution in [0.25, 0.3) is 0 Å². The van der Waals surface area contributed by atoms with Gasteiger partial charge in [-0.3, -0.25) is 9.62 Å². The largest absolute Gasteiger partial charge is 0.381 e. The molecule has 2 rings (SSSR count). The molecule has 0 aromatic heterocycles. The lowest BCUT2D eigenvalue weighted by atomic mass is 10.2. The SMILES string of the molecule is CC(C)N1CCC(Nc2cccc(NS(C)(=O)=O)c2)C1. The maximum Gasteiger partial charge on any atom is 0.229 e. The van der Waals surface area contributed by atoms with Crippen molar-refractivity contribution in [2.75, 3.05) is 29.4 Å². The number of hydrogen-bond donors (Lipinski definition) is 2. The second kappa shape index (κ2) is 6.01. The van der Waals surface area contributed by atoms with E-state index in [1.165, 1.54) is 0 Å². The fraction of sp³-hybridized carbons (Fsp3) is 0.571. The molecule has 0 saturated carbocycles. The van der Waals surface area contributed by atoms with Crippen molar-refractivity contribution in [2.45, 2.75) is 32.4 Å². The Balaban J connectivity index is 1.99. The number of anilines is 2. The molecule has 1 unspecified atom stereocenters. The van der Waals surface area contributed by atoms with Crippen LogP contribution in [0.15, 0.2) is 24.3 Å². The van der Waals surface area contributed by atoms with Crippen molar-refractivity contribution < 1.29 is 8.42 Å². The van der Waals surface area contributed by atoms with E-state index in [9.17, 15) is 8.42 Å². The first-order valence-electron chi connectivity index (χ1n) is 6.92. The highest BCUT2D eigenvalue weighted by atomic mass is 32.2. The Labute approximate surface area is 121 Å². The number of sulfonamides is 1. The van der Waals surface area contributed by atoms with Gasteiger partial charge in [0.15, 0.2) is 0 Å². The summed E-state index contributed by atoms with van der Waals surface area (Å²) in [5, 5.41) is 3.48. The first-order valence-corrected chi connectivity index (χ1v) is 8.81. The summed E-state index contributed by atoms with van der Waals surface area (Å²) >= 11 is 0. The van der Waals surface area contributed by atoms with Gasteiger partial charge in [0.2, 0.25) is 10.0 Å². The minimum absolute atomic E-state index is 0.422. The highest BCUT2D eigenvalue weighted by Gasteiger charge is 2.23. The van der Waals surface area contributed by atoms with Crippen LogP contribution in [0.4, 0.5) is 11.4 Å². The van der Waals surface area contributed by atoms with E-state index < -0.39 is 10.0 Å². The van der Waals surface area contributed by atoms with Gasteiger partial charge >= 0.3 is 0 Å². The third-order valence-electron chi connectivity index (χ3n) is 3.49. The lowest BCUT2D eigenvalue weighted by molar-refractivity contribution is 0.274. The summed E-state index contributed by atoms with van der Waals surface area (Å²) < 4.78 is 25.0. The molecule has 0 spiro atoms. The molecule has 2 N–H and O–H groups in total. The molecule has 112 valence electrons. The van der Waals surface area contributed by atoms with Crippen molar-refractivity contribution in [3.05, 3.63) is 24.3 Å². The highest BCUT2D eigenvalue weighted by molar-refractivity contribution is 7.92. The van der Waals surface area contributed by atoms with Crippen LogP contribution < -0.4 is 10.0 Å². The summed E-state index contributed by atoms with van der Waals surface area (Å²) in [6.45, 7) is 6.55. The topological polar surface area (TPSA) is 61.4 Å². The molecular weight excluding hydrogens is 274 g/mol. The summed E-state index contributed by atoms with van der Waals surface area (Å²) in [6.07, 6.45) is 2.27. The molecule has 1 atom stereocenters. The molecule has 1 aliphatic heterocycles. The van der Waals surface area contributed by atoms with Gasteiger partial charge in [0.25, 0.3) is 0 Å². The second-order valence-corrected chi connectivity index (χ2v) is 7.42. The van der Waals surface area contributed by atoms with Gasteiger partial charge in [0.1, 0.15) is 0 Å². The predicted octanol–water partition coefficient (Wildman–Crippen LogP) is 1.95. The number of nitrogens with one attached hydrogen (secondary N) is 2. The minimum Gasteiger partial charge on any atom is -0.381 e. The van der Waals surface area contributed by atoms with Gasteiger partial charge in [0, 0.05) is 30.9 Å². The molecule has 5 nitrogen and oxygen atoms in total. The van der Waals surface area contributed by atoms with Gasteiger partial charge < -0.3 is 5.32 Å². The second-order valence-electron chi connectivity index (χ2n) is 5.67. The van der Waals surface area contributed by atoms with Gasteiger partial charge in [0.05, 0.1) is 11.9 Å². The van der Waals surface area contributed by atoms with Crippen LogP contribution in [0.1, 0.15) is 20.3 Å². The zero-order valence-electron chi connectivity index (χ0n) is 12.3. The molecule has 0 aliphatic carbocycles. The van der Waals surface area contributed by atoms with Gasteiger partial charge in [-0.1, -0.05) is 6.07 Å². The highest BCUT2D eigenvalue weighted by Crippen LogP contribution is 2.20. The Morgan fingerprint density at radius 3 is 2.60 bits per heavy atom. The van der Waals surface area contributed by atoms with Gasteiger partial charge in [-0.2, -0.15) is 0 Å². The predicted molar refractivity (Wildman–Crippen MR) is 83.6 cm³/mol. The van der Waals surface area contributed by atoms with E-state index in [2.05, 4.69) is 28.8 Å². The molecule has 0 bridgehead atoms. The third kappa shape index (κ3) is 4.38. The fourth-order valence-electron chi connectivity index (χ4n) is 2.50. The third-order valence-corrected chi connectivity index (χ3v) is 4.09. The van der Waals surface area contributed by atoms with E-state index in [0.29, 0.717) is 17.8 Å². The molecule has 1 saturated heterocycles. The van der Waals surface area contributed by atoms with Crippen LogP contribution >= 0.6 is 0 Å². The molecular formula is C14H23N3O2S. The first-order chi connectivity index (χ1) is 9.33. The Morgan fingerprint density at radius 2 is 2.00 bits per heavy atom. The minimum atomic E-state index is -3.23. The molecule has 1 aliphatic rings. The Hall–Kier alpha value is -1.27. The number of hydrogen-bond acceptors (Lipinski definition) is 4. The summed E-state index contributed by atoms with van der Waals surface area (Å²) in [5.41, 5.74) is 1.55. The van der Waals surface area contributed by atoms with Crippen LogP contribution in [0.2, 0.25) is 0 Å². The van der Waals surface area contributed by atoms with Gasteiger partial charge in [-0.05, 0) is 38.5 Å². The van der Waals surface area contributed by atoms with E-state index in [1.807, 2.05) is 18.2 Å². The van der Waals surface area contributed by atoms with Crippen molar-refractivity contribution in [2.24, 2.45) is 0 Å². The smallest absolute Gasteiger partial charge is 0.229 e. The molecule has 1 heterocycles. The number of nitrogens with zero attached hydrogens (tertiary/aromatic N) is 1. The van der Waals surface area contributed by atoms with E-state index in [4.69, 9.17) is 0 Å². The van der Waals surface area contributed by atoms with Crippen molar-refractivity contribution in [1.82, 2.24) is 4.90 Å². The Morgan fingerprint density at radius 1 is 1.30 bits per heavy atom. The van der Waals surface area contributed by atoms with E-state index in [0.717, 1.165) is 31.5 Å². The van der Waals surface area contributed by atoms with Crippen LogP contribution in [-0.2, 0) is 10.0 Å². The van der Waals surface area contributed by atoms with Crippen molar-refractivity contribution in [3.63, 3.8) is 0 Å². The molecule has 20 heavy (non-hydrogen) atoms. The molecule has 1 aromatic carbocycles. The van der Waals surface area contributed by atoms with Gasteiger partial charge in [-0.15, -0.1) is 0 Å². The van der Waals surface area contributed by atoms with Crippen molar-refractivity contribution in [1.29, 1.82) is 0 Å².